The van der Waals surface area contributed by atoms with E-state index < -0.39 is 0 Å². The second-order valence-corrected chi connectivity index (χ2v) is 4.67. The molecule has 7 heteroatoms. The van der Waals surface area contributed by atoms with Crippen LogP contribution in [-0.4, -0.2) is 20.8 Å². The third kappa shape index (κ3) is 3.62. The molecule has 0 atom stereocenters. The summed E-state index contributed by atoms with van der Waals surface area (Å²) in [4.78, 5) is 11.7. The molecule has 0 saturated carbocycles. The zero-order chi connectivity index (χ0) is 13.8. The Morgan fingerprint density at radius 2 is 2.05 bits per heavy atom. The second-order valence-electron chi connectivity index (χ2n) is 3.86. The molecule has 5 nitrogen and oxygen atoms in total. The molecule has 0 saturated heterocycles. The number of nitrogens with one attached hydrogen (secondary N) is 1. The third-order valence-corrected chi connectivity index (χ3v) is 3.00. The van der Waals surface area contributed by atoms with E-state index in [0.29, 0.717) is 12.2 Å². The van der Waals surface area contributed by atoms with Crippen molar-refractivity contribution >= 4 is 34.8 Å². The molecule has 0 aliphatic heterocycles. The van der Waals surface area contributed by atoms with E-state index in [9.17, 15) is 9.90 Å². The lowest BCUT2D eigenvalue weighted by Crippen LogP contribution is -2.14. The summed E-state index contributed by atoms with van der Waals surface area (Å²) in [5.41, 5.74) is 0.443. The monoisotopic (exact) mass is 299 g/mol. The fraction of sp³-hybridized carbons (Fsp3) is 0.167. The van der Waals surface area contributed by atoms with Gasteiger partial charge in [-0.15, -0.1) is 0 Å². The van der Waals surface area contributed by atoms with Gasteiger partial charge in [-0.25, -0.2) is 0 Å². The van der Waals surface area contributed by atoms with Gasteiger partial charge in [0, 0.05) is 31.0 Å². The van der Waals surface area contributed by atoms with Gasteiger partial charge in [0.05, 0.1) is 10.0 Å². The number of phenolic OH excluding ortho intramolecular Hbond substituents is 1. The van der Waals surface area contributed by atoms with Gasteiger partial charge in [-0.1, -0.05) is 23.2 Å². The minimum atomic E-state index is -0.196. The molecule has 2 aromatic rings. The van der Waals surface area contributed by atoms with Gasteiger partial charge in [0.1, 0.15) is 0 Å². The third-order valence-electron chi connectivity index (χ3n) is 2.43. The zero-order valence-electron chi connectivity index (χ0n) is 9.81. The first kappa shape index (κ1) is 13.7. The molecule has 19 heavy (non-hydrogen) atoms. The molecule has 1 heterocycles. The largest absolute Gasteiger partial charge is 0.505 e. The predicted octanol–water partition coefficient (Wildman–Crippen LogP) is 2.92. The van der Waals surface area contributed by atoms with Crippen LogP contribution in [0.15, 0.2) is 30.6 Å². The van der Waals surface area contributed by atoms with Crippen LogP contribution in [0.25, 0.3) is 0 Å². The van der Waals surface area contributed by atoms with Crippen LogP contribution in [0.2, 0.25) is 10.0 Å². The van der Waals surface area contributed by atoms with Gasteiger partial charge < -0.3 is 10.4 Å². The highest BCUT2D eigenvalue weighted by Gasteiger charge is 2.09. The molecule has 2 N–H and O–H groups in total. The summed E-state index contributed by atoms with van der Waals surface area (Å²) in [5.74, 6) is -0.383. The number of hydrogen-bond donors (Lipinski definition) is 2. The normalized spacial score (nSPS) is 10.4. The highest BCUT2D eigenvalue weighted by molar-refractivity contribution is 6.37. The maximum absolute atomic E-state index is 11.7. The van der Waals surface area contributed by atoms with Crippen molar-refractivity contribution in [2.75, 3.05) is 5.32 Å². The second kappa shape index (κ2) is 5.95. The van der Waals surface area contributed by atoms with Crippen molar-refractivity contribution in [2.45, 2.75) is 13.0 Å². The Morgan fingerprint density at radius 3 is 2.63 bits per heavy atom. The number of amides is 1. The van der Waals surface area contributed by atoms with E-state index in [1.165, 1.54) is 12.1 Å². The summed E-state index contributed by atoms with van der Waals surface area (Å²) in [5, 5.41) is 16.2. The Morgan fingerprint density at radius 1 is 1.37 bits per heavy atom. The number of anilines is 1. The Labute approximate surface area is 119 Å². The fourth-order valence-electron chi connectivity index (χ4n) is 1.51. The number of benzene rings is 1. The van der Waals surface area contributed by atoms with E-state index >= 15 is 0 Å². The number of aromatic nitrogens is 2. The van der Waals surface area contributed by atoms with Gasteiger partial charge in [0.15, 0.2) is 5.75 Å². The van der Waals surface area contributed by atoms with E-state index in [0.717, 1.165) is 0 Å². The molecule has 2 rings (SSSR count). The first-order chi connectivity index (χ1) is 9.06. The van der Waals surface area contributed by atoms with Crippen molar-refractivity contribution < 1.29 is 9.90 Å². The number of phenols is 1. The van der Waals surface area contributed by atoms with Crippen LogP contribution in [0.5, 0.6) is 5.75 Å². The van der Waals surface area contributed by atoms with E-state index in [-0.39, 0.29) is 28.1 Å². The average molecular weight is 300 g/mol. The summed E-state index contributed by atoms with van der Waals surface area (Å²) in [6.07, 6.45) is 3.71. The summed E-state index contributed by atoms with van der Waals surface area (Å²) in [6.45, 7) is 0.485. The smallest absolute Gasteiger partial charge is 0.226 e. The van der Waals surface area contributed by atoms with Crippen molar-refractivity contribution in [2.24, 2.45) is 0 Å². The number of nitrogens with zero attached hydrogens (tertiary/aromatic N) is 2. The summed E-state index contributed by atoms with van der Waals surface area (Å²) < 4.78 is 1.66. The van der Waals surface area contributed by atoms with Gasteiger partial charge in [-0.2, -0.15) is 5.10 Å². The maximum Gasteiger partial charge on any atom is 0.226 e. The number of carbonyl (C=O) groups excluding carboxylic acids is 1. The molecule has 0 spiro atoms. The van der Waals surface area contributed by atoms with Gasteiger partial charge in [-0.05, 0) is 18.2 Å². The van der Waals surface area contributed by atoms with Gasteiger partial charge in [0.25, 0.3) is 0 Å². The van der Waals surface area contributed by atoms with Crippen LogP contribution in [-0.2, 0) is 11.3 Å². The first-order valence-electron chi connectivity index (χ1n) is 5.51. The fourth-order valence-corrected chi connectivity index (χ4v) is 2.00. The van der Waals surface area contributed by atoms with Crippen LogP contribution in [0.1, 0.15) is 6.42 Å². The summed E-state index contributed by atoms with van der Waals surface area (Å²) in [6, 6.07) is 4.67. The molecular weight excluding hydrogens is 289 g/mol. The van der Waals surface area contributed by atoms with Gasteiger partial charge in [0.2, 0.25) is 5.91 Å². The van der Waals surface area contributed by atoms with E-state index in [1.807, 2.05) is 0 Å². The van der Waals surface area contributed by atoms with Crippen LogP contribution in [0.4, 0.5) is 5.69 Å². The average Bonchev–Trinajstić information content (AvgIpc) is 2.86. The molecule has 0 bridgehead atoms. The van der Waals surface area contributed by atoms with Crippen molar-refractivity contribution in [3.63, 3.8) is 0 Å². The van der Waals surface area contributed by atoms with Crippen LogP contribution in [0, 0.1) is 0 Å². The molecule has 0 fully saturated rings. The minimum Gasteiger partial charge on any atom is -0.505 e. The lowest BCUT2D eigenvalue weighted by molar-refractivity contribution is -0.116. The predicted molar refractivity (Wildman–Crippen MR) is 73.6 cm³/mol. The number of aromatic hydroxyl groups is 1. The molecule has 0 aliphatic carbocycles. The topological polar surface area (TPSA) is 67.2 Å². The summed E-state index contributed by atoms with van der Waals surface area (Å²) >= 11 is 11.5. The molecule has 1 aromatic carbocycles. The molecule has 0 unspecified atom stereocenters. The molecule has 0 radical (unpaired) electrons. The number of carbonyl (C=O) groups is 1. The maximum atomic E-state index is 11.7. The number of aryl methyl sites for hydroxylation is 1. The van der Waals surface area contributed by atoms with Crippen molar-refractivity contribution in [3.05, 3.63) is 40.6 Å². The van der Waals surface area contributed by atoms with Crippen LogP contribution >= 0.6 is 23.2 Å². The zero-order valence-corrected chi connectivity index (χ0v) is 11.3. The Kier molecular flexibility index (Phi) is 4.29. The molecule has 1 aromatic heterocycles. The number of hydrogen-bond acceptors (Lipinski definition) is 3. The highest BCUT2D eigenvalue weighted by Crippen LogP contribution is 2.34. The first-order valence-corrected chi connectivity index (χ1v) is 6.27. The molecule has 1 amide bonds. The Balaban J connectivity index is 1.95. The molecule has 0 aliphatic rings. The number of rotatable bonds is 4. The Hall–Kier alpha value is -1.72. The van der Waals surface area contributed by atoms with E-state index in [4.69, 9.17) is 23.2 Å². The molecule has 100 valence electrons. The summed E-state index contributed by atoms with van der Waals surface area (Å²) in [7, 11) is 0. The number of halogens is 2. The quantitative estimate of drug-likeness (QED) is 0.853. The molecular formula is C12H11Cl2N3O2. The van der Waals surface area contributed by atoms with Crippen molar-refractivity contribution in [1.82, 2.24) is 9.78 Å². The SMILES string of the molecule is O=C(CCn1cccn1)Nc1cc(Cl)c(O)c(Cl)c1. The van der Waals surface area contributed by atoms with Crippen LogP contribution in [0.3, 0.4) is 0 Å². The van der Waals surface area contributed by atoms with Gasteiger partial charge in [-0.3, -0.25) is 9.48 Å². The lowest BCUT2D eigenvalue weighted by Gasteiger charge is -2.08. The minimum absolute atomic E-state index is 0.0925. The standard InChI is InChI=1S/C12H11Cl2N3O2/c13-9-6-8(7-10(14)12(9)19)16-11(18)2-5-17-4-1-3-15-17/h1,3-4,6-7,19H,2,5H2,(H,16,18). The highest BCUT2D eigenvalue weighted by atomic mass is 35.5. The van der Waals surface area contributed by atoms with Crippen LogP contribution < -0.4 is 5.32 Å². The Bertz CT molecular complexity index is 562. The van der Waals surface area contributed by atoms with Gasteiger partial charge >= 0.3 is 0 Å². The van der Waals surface area contributed by atoms with E-state index in [2.05, 4.69) is 10.4 Å². The van der Waals surface area contributed by atoms with E-state index in [1.54, 1.807) is 23.1 Å². The van der Waals surface area contributed by atoms with Crippen molar-refractivity contribution in [1.29, 1.82) is 0 Å². The van der Waals surface area contributed by atoms with Crippen molar-refractivity contribution in [3.8, 4) is 5.75 Å². The lowest BCUT2D eigenvalue weighted by atomic mass is 10.3.